The van der Waals surface area contributed by atoms with E-state index in [9.17, 15) is 0 Å². The van der Waals surface area contributed by atoms with E-state index in [0.29, 0.717) is 0 Å². The Morgan fingerprint density at radius 1 is 0.857 bits per heavy atom. The molecule has 3 heteroatoms. The number of hydrogen-bond acceptors (Lipinski definition) is 2. The van der Waals surface area contributed by atoms with Crippen molar-refractivity contribution in [2.75, 3.05) is 0 Å². The zero-order valence-corrected chi connectivity index (χ0v) is 11.3. The standard InChI is InChI=1S/C18H13N3/c1-2-6-14(7-3-1)10-11-16-18-19-12-13-21(18)17-9-5-4-8-15(17)20-16/h1-13H/b11-10+. The van der Waals surface area contributed by atoms with Gasteiger partial charge in [-0.05, 0) is 23.8 Å². The first-order valence-corrected chi connectivity index (χ1v) is 6.87. The number of aromatic nitrogens is 3. The van der Waals surface area contributed by atoms with Crippen molar-refractivity contribution in [3.63, 3.8) is 0 Å². The van der Waals surface area contributed by atoms with E-state index in [2.05, 4.69) is 33.7 Å². The molecule has 3 nitrogen and oxygen atoms in total. The van der Waals surface area contributed by atoms with E-state index in [-0.39, 0.29) is 0 Å². The smallest absolute Gasteiger partial charge is 0.163 e. The van der Waals surface area contributed by atoms with Crippen LogP contribution in [0.25, 0.3) is 28.8 Å². The molecule has 0 spiro atoms. The third-order valence-corrected chi connectivity index (χ3v) is 3.49. The van der Waals surface area contributed by atoms with Gasteiger partial charge in [0.2, 0.25) is 0 Å². The molecular formula is C18H13N3. The topological polar surface area (TPSA) is 30.2 Å². The lowest BCUT2D eigenvalue weighted by atomic mass is 10.2. The van der Waals surface area contributed by atoms with Gasteiger partial charge in [-0.25, -0.2) is 9.97 Å². The highest BCUT2D eigenvalue weighted by molar-refractivity contribution is 5.83. The Kier molecular flexibility index (Phi) is 2.75. The molecule has 2 aromatic heterocycles. The average molecular weight is 271 g/mol. The van der Waals surface area contributed by atoms with Crippen LogP contribution in [-0.4, -0.2) is 14.4 Å². The minimum absolute atomic E-state index is 0.876. The van der Waals surface area contributed by atoms with E-state index in [1.54, 1.807) is 0 Å². The second kappa shape index (κ2) is 4.87. The van der Waals surface area contributed by atoms with Gasteiger partial charge in [-0.2, -0.15) is 0 Å². The second-order valence-electron chi connectivity index (χ2n) is 4.85. The third kappa shape index (κ3) is 2.09. The van der Waals surface area contributed by atoms with E-state index >= 15 is 0 Å². The maximum absolute atomic E-state index is 4.72. The minimum atomic E-state index is 0.876. The molecule has 100 valence electrons. The molecule has 0 radical (unpaired) electrons. The molecule has 0 saturated heterocycles. The SMILES string of the molecule is C(=C\c1nc2ccccc2n2ccnc12)/c1ccccc1. The van der Waals surface area contributed by atoms with Crippen LogP contribution < -0.4 is 0 Å². The number of fused-ring (bicyclic) bond motifs is 3. The summed E-state index contributed by atoms with van der Waals surface area (Å²) in [4.78, 5) is 9.15. The third-order valence-electron chi connectivity index (χ3n) is 3.49. The Balaban J connectivity index is 1.91. The fourth-order valence-electron chi connectivity index (χ4n) is 2.48. The fraction of sp³-hybridized carbons (Fsp3) is 0. The molecule has 0 aliphatic carbocycles. The number of benzene rings is 2. The summed E-state index contributed by atoms with van der Waals surface area (Å²) in [6.45, 7) is 0. The van der Waals surface area contributed by atoms with Crippen LogP contribution in [0.15, 0.2) is 67.0 Å². The molecule has 0 atom stereocenters. The molecule has 4 rings (SSSR count). The molecule has 0 fully saturated rings. The second-order valence-corrected chi connectivity index (χ2v) is 4.85. The van der Waals surface area contributed by atoms with Crippen LogP contribution in [0.3, 0.4) is 0 Å². The number of para-hydroxylation sites is 2. The Hall–Kier alpha value is -2.94. The predicted octanol–water partition coefficient (Wildman–Crippen LogP) is 4.05. The van der Waals surface area contributed by atoms with Gasteiger partial charge in [0.05, 0.1) is 11.0 Å². The highest BCUT2D eigenvalue weighted by Crippen LogP contribution is 2.18. The molecule has 0 saturated carbocycles. The van der Waals surface area contributed by atoms with Gasteiger partial charge >= 0.3 is 0 Å². The zero-order valence-electron chi connectivity index (χ0n) is 11.3. The molecule has 0 aliphatic heterocycles. The van der Waals surface area contributed by atoms with E-state index < -0.39 is 0 Å². The molecule has 2 heterocycles. The van der Waals surface area contributed by atoms with Gasteiger partial charge in [-0.3, -0.25) is 4.40 Å². The lowest BCUT2D eigenvalue weighted by Crippen LogP contribution is -1.94. The van der Waals surface area contributed by atoms with Crippen LogP contribution in [0, 0.1) is 0 Å². The summed E-state index contributed by atoms with van der Waals surface area (Å²) in [5.74, 6) is 0. The maximum atomic E-state index is 4.72. The van der Waals surface area contributed by atoms with Crippen LogP contribution in [-0.2, 0) is 0 Å². The van der Waals surface area contributed by atoms with Crippen molar-refractivity contribution in [1.29, 1.82) is 0 Å². The summed E-state index contributed by atoms with van der Waals surface area (Å²) >= 11 is 0. The van der Waals surface area contributed by atoms with Crippen LogP contribution in [0.1, 0.15) is 11.3 Å². The quantitative estimate of drug-likeness (QED) is 0.550. The van der Waals surface area contributed by atoms with Crippen LogP contribution >= 0.6 is 0 Å². The van der Waals surface area contributed by atoms with E-state index in [0.717, 1.165) is 27.9 Å². The molecule has 0 amide bonds. The van der Waals surface area contributed by atoms with Gasteiger partial charge in [-0.1, -0.05) is 48.5 Å². The summed E-state index contributed by atoms with van der Waals surface area (Å²) in [7, 11) is 0. The summed E-state index contributed by atoms with van der Waals surface area (Å²) in [5, 5.41) is 0. The van der Waals surface area contributed by atoms with Crippen molar-refractivity contribution in [3.8, 4) is 0 Å². The van der Waals surface area contributed by atoms with Crippen molar-refractivity contribution in [2.24, 2.45) is 0 Å². The Bertz CT molecular complexity index is 936. The van der Waals surface area contributed by atoms with E-state index in [1.165, 1.54) is 0 Å². The first-order chi connectivity index (χ1) is 10.4. The zero-order chi connectivity index (χ0) is 14.1. The monoisotopic (exact) mass is 271 g/mol. The number of imidazole rings is 1. The van der Waals surface area contributed by atoms with E-state index in [1.807, 2.05) is 54.9 Å². The molecule has 2 aromatic carbocycles. The number of nitrogens with zero attached hydrogens (tertiary/aromatic N) is 3. The molecule has 4 aromatic rings. The number of rotatable bonds is 2. The highest BCUT2D eigenvalue weighted by Gasteiger charge is 2.06. The predicted molar refractivity (Wildman–Crippen MR) is 85.9 cm³/mol. The van der Waals surface area contributed by atoms with Crippen LogP contribution in [0.4, 0.5) is 0 Å². The Morgan fingerprint density at radius 2 is 1.67 bits per heavy atom. The molecule has 0 aliphatic rings. The van der Waals surface area contributed by atoms with Crippen LogP contribution in [0.5, 0.6) is 0 Å². The summed E-state index contributed by atoms with van der Waals surface area (Å²) < 4.78 is 2.08. The van der Waals surface area contributed by atoms with Gasteiger partial charge in [0, 0.05) is 12.4 Å². The van der Waals surface area contributed by atoms with Gasteiger partial charge in [0.1, 0.15) is 5.69 Å². The Morgan fingerprint density at radius 3 is 2.57 bits per heavy atom. The fourth-order valence-corrected chi connectivity index (χ4v) is 2.48. The van der Waals surface area contributed by atoms with Crippen molar-refractivity contribution in [2.45, 2.75) is 0 Å². The minimum Gasteiger partial charge on any atom is -0.296 e. The van der Waals surface area contributed by atoms with Gasteiger partial charge in [0.25, 0.3) is 0 Å². The maximum Gasteiger partial charge on any atom is 0.163 e. The van der Waals surface area contributed by atoms with Crippen molar-refractivity contribution in [1.82, 2.24) is 14.4 Å². The lowest BCUT2D eigenvalue weighted by Gasteiger charge is -2.04. The first-order valence-electron chi connectivity index (χ1n) is 6.87. The molecular weight excluding hydrogens is 258 g/mol. The molecule has 0 bridgehead atoms. The summed E-state index contributed by atoms with van der Waals surface area (Å²) in [6.07, 6.45) is 7.86. The average Bonchev–Trinajstić information content (AvgIpc) is 3.04. The molecule has 0 unspecified atom stereocenters. The lowest BCUT2D eigenvalue weighted by molar-refractivity contribution is 1.20. The van der Waals surface area contributed by atoms with E-state index in [4.69, 9.17) is 4.98 Å². The molecule has 21 heavy (non-hydrogen) atoms. The first kappa shape index (κ1) is 11.9. The molecule has 0 N–H and O–H groups in total. The van der Waals surface area contributed by atoms with Gasteiger partial charge in [0.15, 0.2) is 5.65 Å². The normalized spacial score (nSPS) is 11.6. The Labute approximate surface area is 122 Å². The van der Waals surface area contributed by atoms with Crippen LogP contribution in [0.2, 0.25) is 0 Å². The van der Waals surface area contributed by atoms with Crippen molar-refractivity contribution in [3.05, 3.63) is 78.2 Å². The van der Waals surface area contributed by atoms with Crippen molar-refractivity contribution < 1.29 is 0 Å². The van der Waals surface area contributed by atoms with Crippen molar-refractivity contribution >= 4 is 28.8 Å². The largest absolute Gasteiger partial charge is 0.296 e. The van der Waals surface area contributed by atoms with Gasteiger partial charge < -0.3 is 0 Å². The van der Waals surface area contributed by atoms with Gasteiger partial charge in [-0.15, -0.1) is 0 Å². The number of hydrogen-bond donors (Lipinski definition) is 0. The highest BCUT2D eigenvalue weighted by atomic mass is 15.0. The summed E-state index contributed by atoms with van der Waals surface area (Å²) in [6, 6.07) is 18.3. The summed E-state index contributed by atoms with van der Waals surface area (Å²) in [5.41, 5.74) is 4.94.